The number of fused-ring (bicyclic) bond motifs is 2. The maximum atomic E-state index is 12.6. The van der Waals surface area contributed by atoms with Crippen LogP contribution in [0.4, 0.5) is 11.4 Å². The van der Waals surface area contributed by atoms with Gasteiger partial charge >= 0.3 is 0 Å². The van der Waals surface area contributed by atoms with E-state index in [0.717, 1.165) is 10.5 Å². The molecule has 0 fully saturated rings. The van der Waals surface area contributed by atoms with Gasteiger partial charge in [-0.05, 0) is 48.0 Å². The summed E-state index contributed by atoms with van der Waals surface area (Å²) in [6, 6.07) is 18.8. The lowest BCUT2D eigenvalue weighted by atomic mass is 10.1. The van der Waals surface area contributed by atoms with Gasteiger partial charge in [0.05, 0.1) is 23.4 Å². The van der Waals surface area contributed by atoms with E-state index in [1.54, 1.807) is 59.5 Å². The fourth-order valence-electron chi connectivity index (χ4n) is 4.15. The molecule has 35 heavy (non-hydrogen) atoms. The van der Waals surface area contributed by atoms with Gasteiger partial charge in [0, 0.05) is 23.7 Å². The van der Waals surface area contributed by atoms with Gasteiger partial charge in [0.15, 0.2) is 6.61 Å². The Labute approximate surface area is 206 Å². The lowest BCUT2D eigenvalue weighted by molar-refractivity contribution is -0.121. The monoisotopic (exact) mass is 489 g/mol. The molecule has 0 spiro atoms. The number of halogens is 1. The van der Waals surface area contributed by atoms with Crippen molar-refractivity contribution >= 4 is 46.6 Å². The normalized spacial score (nSPS) is 14.5. The second-order valence-electron chi connectivity index (χ2n) is 8.19. The van der Waals surface area contributed by atoms with Crippen molar-refractivity contribution < 1.29 is 23.9 Å². The third-order valence-corrected chi connectivity index (χ3v) is 6.09. The summed E-state index contributed by atoms with van der Waals surface area (Å²) >= 11 is 6.08. The molecule has 2 aliphatic heterocycles. The first kappa shape index (κ1) is 22.6. The molecule has 0 radical (unpaired) electrons. The summed E-state index contributed by atoms with van der Waals surface area (Å²) in [5.74, 6) is -0.868. The maximum absolute atomic E-state index is 12.6. The lowest BCUT2D eigenvalue weighted by Gasteiger charge is -2.30. The van der Waals surface area contributed by atoms with Crippen molar-refractivity contribution in [3.63, 3.8) is 0 Å². The molecule has 2 heterocycles. The van der Waals surface area contributed by atoms with Crippen molar-refractivity contribution in [3.05, 3.63) is 88.4 Å². The molecule has 2 aliphatic rings. The van der Waals surface area contributed by atoms with E-state index in [9.17, 15) is 19.2 Å². The number of amides is 4. The van der Waals surface area contributed by atoms with Crippen LogP contribution in [0.2, 0.25) is 5.02 Å². The highest BCUT2D eigenvalue weighted by Crippen LogP contribution is 2.36. The van der Waals surface area contributed by atoms with E-state index in [0.29, 0.717) is 39.8 Å². The zero-order chi connectivity index (χ0) is 24.5. The Hall–Kier alpha value is -4.17. The van der Waals surface area contributed by atoms with Crippen LogP contribution >= 0.6 is 11.6 Å². The number of hydrogen-bond donors (Lipinski definition) is 1. The number of benzene rings is 3. The zero-order valence-electron chi connectivity index (χ0n) is 18.5. The fourth-order valence-corrected chi connectivity index (χ4v) is 4.36. The number of rotatable bonds is 6. The van der Waals surface area contributed by atoms with E-state index in [4.69, 9.17) is 16.3 Å². The van der Waals surface area contributed by atoms with Crippen LogP contribution in [-0.2, 0) is 16.1 Å². The highest BCUT2D eigenvalue weighted by atomic mass is 35.5. The number of carbonyl (C=O) groups excluding carboxylic acids is 4. The number of nitrogens with one attached hydrogen (secondary N) is 1. The SMILES string of the molecule is O=C(CCN1C(=O)c2ccccc2C1=O)Nc1ccc2c(c1)N(Cc1cccc(Cl)c1)C(=O)CO2. The number of nitrogens with zero attached hydrogens (tertiary/aromatic N) is 2. The van der Waals surface area contributed by atoms with E-state index in [1.165, 1.54) is 0 Å². The summed E-state index contributed by atoms with van der Waals surface area (Å²) < 4.78 is 5.55. The second-order valence-corrected chi connectivity index (χ2v) is 8.62. The van der Waals surface area contributed by atoms with E-state index >= 15 is 0 Å². The topological polar surface area (TPSA) is 96.0 Å². The first-order chi connectivity index (χ1) is 16.9. The van der Waals surface area contributed by atoms with E-state index in [2.05, 4.69) is 5.32 Å². The van der Waals surface area contributed by atoms with Crippen LogP contribution in [0.25, 0.3) is 0 Å². The largest absolute Gasteiger partial charge is 0.482 e. The van der Waals surface area contributed by atoms with Crippen molar-refractivity contribution in [1.29, 1.82) is 0 Å². The molecule has 0 bridgehead atoms. The van der Waals surface area contributed by atoms with E-state index < -0.39 is 11.8 Å². The molecule has 0 unspecified atom stereocenters. The minimum Gasteiger partial charge on any atom is -0.482 e. The van der Waals surface area contributed by atoms with E-state index in [-0.39, 0.29) is 31.4 Å². The summed E-state index contributed by atoms with van der Waals surface area (Å²) in [5.41, 5.74) is 2.54. The minimum atomic E-state index is -0.403. The predicted octanol–water partition coefficient (Wildman–Crippen LogP) is 3.89. The lowest BCUT2D eigenvalue weighted by Crippen LogP contribution is -2.38. The number of hydrogen-bond acceptors (Lipinski definition) is 5. The molecular formula is C26H20ClN3O5. The standard InChI is InChI=1S/C26H20ClN3O5/c27-17-5-3-4-16(12-17)14-30-21-13-18(8-9-22(21)35-15-24(30)32)28-23(31)10-11-29-25(33)19-6-1-2-7-20(19)26(29)34/h1-9,12-13H,10-11,14-15H2,(H,28,31). The number of anilines is 2. The Balaban J connectivity index is 1.27. The molecule has 0 saturated heterocycles. The smallest absolute Gasteiger partial charge is 0.265 e. The molecule has 5 rings (SSSR count). The molecule has 1 N–H and O–H groups in total. The molecule has 0 aromatic heterocycles. The van der Waals surface area contributed by atoms with Crippen molar-refractivity contribution in [1.82, 2.24) is 4.90 Å². The third-order valence-electron chi connectivity index (χ3n) is 5.86. The van der Waals surface area contributed by atoms with Gasteiger partial charge in [0.25, 0.3) is 17.7 Å². The molecule has 176 valence electrons. The molecule has 0 aliphatic carbocycles. The molecule has 9 heteroatoms. The average molecular weight is 490 g/mol. The molecule has 8 nitrogen and oxygen atoms in total. The Morgan fingerprint density at radius 2 is 1.66 bits per heavy atom. The molecular weight excluding hydrogens is 470 g/mol. The second kappa shape index (κ2) is 9.23. The van der Waals surface area contributed by atoms with Crippen LogP contribution < -0.4 is 15.0 Å². The predicted molar refractivity (Wildman–Crippen MR) is 130 cm³/mol. The van der Waals surface area contributed by atoms with Gasteiger partial charge in [-0.15, -0.1) is 0 Å². The van der Waals surface area contributed by atoms with Gasteiger partial charge in [-0.1, -0.05) is 35.9 Å². The molecule has 4 amide bonds. The van der Waals surface area contributed by atoms with Crippen LogP contribution in [0, 0.1) is 0 Å². The van der Waals surface area contributed by atoms with Crippen LogP contribution in [0.3, 0.4) is 0 Å². The fraction of sp³-hybridized carbons (Fsp3) is 0.154. The Morgan fingerprint density at radius 1 is 0.914 bits per heavy atom. The average Bonchev–Trinajstić information content (AvgIpc) is 3.09. The summed E-state index contributed by atoms with van der Waals surface area (Å²) in [5, 5.41) is 3.34. The van der Waals surface area contributed by atoms with E-state index in [1.807, 2.05) is 12.1 Å². The van der Waals surface area contributed by atoms with Gasteiger partial charge < -0.3 is 15.0 Å². The number of ether oxygens (including phenoxy) is 1. The maximum Gasteiger partial charge on any atom is 0.265 e. The van der Waals surface area contributed by atoms with Crippen molar-refractivity contribution in [3.8, 4) is 5.75 Å². The summed E-state index contributed by atoms with van der Waals surface area (Å²) in [4.78, 5) is 52.8. The Bertz CT molecular complexity index is 1340. The summed E-state index contributed by atoms with van der Waals surface area (Å²) in [6.45, 7) is 0.179. The number of imide groups is 1. The zero-order valence-corrected chi connectivity index (χ0v) is 19.2. The number of carbonyl (C=O) groups is 4. The van der Waals surface area contributed by atoms with Crippen molar-refractivity contribution in [2.75, 3.05) is 23.4 Å². The molecule has 3 aromatic rings. The Morgan fingerprint density at radius 3 is 2.37 bits per heavy atom. The summed E-state index contributed by atoms with van der Waals surface area (Å²) in [7, 11) is 0. The minimum absolute atomic E-state index is 0.0361. The highest BCUT2D eigenvalue weighted by Gasteiger charge is 2.35. The molecule has 0 saturated carbocycles. The third kappa shape index (κ3) is 4.48. The van der Waals surface area contributed by atoms with Crippen LogP contribution in [0.15, 0.2) is 66.7 Å². The van der Waals surface area contributed by atoms with Gasteiger partial charge in [0.2, 0.25) is 5.91 Å². The van der Waals surface area contributed by atoms with Gasteiger partial charge in [-0.3, -0.25) is 24.1 Å². The summed E-state index contributed by atoms with van der Waals surface area (Å²) in [6.07, 6.45) is -0.0653. The van der Waals surface area contributed by atoms with Gasteiger partial charge in [0.1, 0.15) is 5.75 Å². The Kier molecular flexibility index (Phi) is 5.96. The van der Waals surface area contributed by atoms with Crippen LogP contribution in [0.1, 0.15) is 32.7 Å². The van der Waals surface area contributed by atoms with Gasteiger partial charge in [-0.25, -0.2) is 0 Å². The van der Waals surface area contributed by atoms with Crippen molar-refractivity contribution in [2.45, 2.75) is 13.0 Å². The molecule has 0 atom stereocenters. The quantitative estimate of drug-likeness (QED) is 0.530. The molecule has 3 aromatic carbocycles. The first-order valence-corrected chi connectivity index (χ1v) is 11.4. The highest BCUT2D eigenvalue weighted by molar-refractivity contribution is 6.30. The first-order valence-electron chi connectivity index (χ1n) is 11.0. The van der Waals surface area contributed by atoms with Crippen molar-refractivity contribution in [2.24, 2.45) is 0 Å². The van der Waals surface area contributed by atoms with Crippen LogP contribution in [-0.4, -0.2) is 41.7 Å². The van der Waals surface area contributed by atoms with Gasteiger partial charge in [-0.2, -0.15) is 0 Å². The van der Waals surface area contributed by atoms with Crippen LogP contribution in [0.5, 0.6) is 5.75 Å².